The van der Waals surface area contributed by atoms with Crippen LogP contribution in [-0.2, 0) is 4.79 Å². The van der Waals surface area contributed by atoms with Gasteiger partial charge >= 0.3 is 12.0 Å². The van der Waals surface area contributed by atoms with Crippen molar-refractivity contribution >= 4 is 63.8 Å². The van der Waals surface area contributed by atoms with Crippen LogP contribution < -0.4 is 16.0 Å². The number of para-hydroxylation sites is 1. The van der Waals surface area contributed by atoms with Crippen molar-refractivity contribution < 1.29 is 19.5 Å². The second kappa shape index (κ2) is 11.5. The molecule has 1 heterocycles. The molecule has 4 N–H and O–H groups in total. The van der Waals surface area contributed by atoms with Crippen molar-refractivity contribution in [3.8, 4) is 10.4 Å². The Morgan fingerprint density at radius 2 is 1.59 bits per heavy atom. The molecule has 3 aromatic rings. The number of carbonyl (C=O) groups is 3. The quantitative estimate of drug-likeness (QED) is 0.240. The largest absolute Gasteiger partial charge is 0.480 e. The second-order valence-electron chi connectivity index (χ2n) is 9.35. The lowest BCUT2D eigenvalue weighted by Crippen LogP contribution is -2.52. The fraction of sp³-hybridized carbons (Fsp3) is 0.296. The fourth-order valence-electron chi connectivity index (χ4n) is 4.66. The van der Waals surface area contributed by atoms with Crippen LogP contribution in [0.1, 0.15) is 48.7 Å². The van der Waals surface area contributed by atoms with Gasteiger partial charge in [-0.15, -0.1) is 11.3 Å². The van der Waals surface area contributed by atoms with Gasteiger partial charge in [-0.25, -0.2) is 9.59 Å². The van der Waals surface area contributed by atoms with Gasteiger partial charge in [-0.3, -0.25) is 4.79 Å². The Morgan fingerprint density at radius 3 is 2.22 bits per heavy atom. The summed E-state index contributed by atoms with van der Waals surface area (Å²) in [6.45, 7) is 1.91. The van der Waals surface area contributed by atoms with Crippen molar-refractivity contribution in [2.75, 3.05) is 10.6 Å². The average Bonchev–Trinajstić information content (AvgIpc) is 3.29. The van der Waals surface area contributed by atoms with E-state index in [2.05, 4.69) is 16.0 Å². The minimum atomic E-state index is -1.07. The van der Waals surface area contributed by atoms with E-state index in [9.17, 15) is 19.5 Å². The summed E-state index contributed by atoms with van der Waals surface area (Å²) in [4.78, 5) is 39.5. The van der Waals surface area contributed by atoms with Gasteiger partial charge in [-0.2, -0.15) is 0 Å². The first-order valence-electron chi connectivity index (χ1n) is 11.9. The van der Waals surface area contributed by atoms with Crippen LogP contribution in [0.25, 0.3) is 10.4 Å². The molecule has 1 fully saturated rings. The van der Waals surface area contributed by atoms with Crippen LogP contribution >= 0.6 is 34.5 Å². The van der Waals surface area contributed by atoms with E-state index in [4.69, 9.17) is 23.2 Å². The molecule has 1 atom stereocenters. The fourth-order valence-corrected chi connectivity index (χ4v) is 6.17. The molecule has 1 saturated carbocycles. The molecule has 2 aromatic carbocycles. The predicted molar refractivity (Wildman–Crippen MR) is 149 cm³/mol. The molecule has 3 amide bonds. The Balaban J connectivity index is 1.63. The molecule has 0 spiro atoms. The Morgan fingerprint density at radius 1 is 0.946 bits per heavy atom. The van der Waals surface area contributed by atoms with Crippen LogP contribution in [0.4, 0.5) is 16.2 Å². The van der Waals surface area contributed by atoms with E-state index in [0.29, 0.717) is 0 Å². The van der Waals surface area contributed by atoms with Crippen LogP contribution in [0.15, 0.2) is 54.6 Å². The number of rotatable bonds is 7. The molecule has 10 heteroatoms. The number of aliphatic carboxylic acids is 1. The summed E-state index contributed by atoms with van der Waals surface area (Å²) in [5.74, 6) is -1.63. The number of anilines is 2. The van der Waals surface area contributed by atoms with E-state index >= 15 is 0 Å². The average molecular weight is 561 g/mol. The molecular formula is C27H27Cl2N3O4S. The van der Waals surface area contributed by atoms with E-state index in [-0.39, 0.29) is 26.3 Å². The summed E-state index contributed by atoms with van der Waals surface area (Å²) in [5, 5.41) is 18.6. The Kier molecular flexibility index (Phi) is 8.42. The van der Waals surface area contributed by atoms with Crippen LogP contribution in [0.5, 0.6) is 0 Å². The van der Waals surface area contributed by atoms with Crippen LogP contribution in [-0.4, -0.2) is 29.1 Å². The van der Waals surface area contributed by atoms with Crippen LogP contribution in [0.2, 0.25) is 10.0 Å². The number of nitrogens with one attached hydrogen (secondary N) is 3. The molecule has 4 rings (SSSR count). The van der Waals surface area contributed by atoms with Crippen molar-refractivity contribution in [2.24, 2.45) is 5.41 Å². The van der Waals surface area contributed by atoms with Gasteiger partial charge in [-0.05, 0) is 42.0 Å². The summed E-state index contributed by atoms with van der Waals surface area (Å²) < 4.78 is 0. The zero-order valence-corrected chi connectivity index (χ0v) is 22.5. The summed E-state index contributed by atoms with van der Waals surface area (Å²) in [5.41, 5.74) is 0.799. The molecule has 7 nitrogen and oxygen atoms in total. The van der Waals surface area contributed by atoms with Gasteiger partial charge in [0, 0.05) is 4.88 Å². The molecule has 1 aromatic heterocycles. The highest BCUT2D eigenvalue weighted by Crippen LogP contribution is 2.40. The topological polar surface area (TPSA) is 108 Å². The van der Waals surface area contributed by atoms with Gasteiger partial charge in [0.1, 0.15) is 10.9 Å². The van der Waals surface area contributed by atoms with Gasteiger partial charge in [0.05, 0.1) is 21.4 Å². The van der Waals surface area contributed by atoms with Crippen molar-refractivity contribution in [3.05, 3.63) is 69.5 Å². The van der Waals surface area contributed by atoms with Crippen molar-refractivity contribution in [1.82, 2.24) is 5.32 Å². The van der Waals surface area contributed by atoms with Gasteiger partial charge in [0.25, 0.3) is 5.91 Å². The predicted octanol–water partition coefficient (Wildman–Crippen LogP) is 7.52. The third-order valence-corrected chi connectivity index (χ3v) is 8.47. The van der Waals surface area contributed by atoms with Gasteiger partial charge in [0.15, 0.2) is 0 Å². The Hall–Kier alpha value is -3.07. The molecule has 1 aliphatic rings. The highest BCUT2D eigenvalue weighted by molar-refractivity contribution is 7.18. The molecule has 194 valence electrons. The lowest BCUT2D eigenvalue weighted by Gasteiger charge is -2.38. The number of carboxylic acids is 1. The number of amides is 3. The van der Waals surface area contributed by atoms with Crippen molar-refractivity contribution in [3.63, 3.8) is 0 Å². The smallest absolute Gasteiger partial charge is 0.326 e. The first-order valence-corrected chi connectivity index (χ1v) is 13.5. The molecule has 0 aliphatic heterocycles. The third-order valence-electron chi connectivity index (χ3n) is 6.66. The normalized spacial score (nSPS) is 15.4. The van der Waals surface area contributed by atoms with Gasteiger partial charge < -0.3 is 21.1 Å². The molecular weight excluding hydrogens is 533 g/mol. The first-order chi connectivity index (χ1) is 17.7. The van der Waals surface area contributed by atoms with Crippen LogP contribution in [0.3, 0.4) is 0 Å². The summed E-state index contributed by atoms with van der Waals surface area (Å²) in [6.07, 6.45) is 4.34. The molecule has 37 heavy (non-hydrogen) atoms. The number of urea groups is 1. The lowest BCUT2D eigenvalue weighted by atomic mass is 9.70. The van der Waals surface area contributed by atoms with E-state index in [1.54, 1.807) is 24.3 Å². The van der Waals surface area contributed by atoms with Crippen LogP contribution in [0, 0.1) is 5.41 Å². The highest BCUT2D eigenvalue weighted by Gasteiger charge is 2.41. The minimum Gasteiger partial charge on any atom is -0.480 e. The Bertz CT molecular complexity index is 1290. The molecule has 0 radical (unpaired) electrons. The first kappa shape index (κ1) is 27.0. The monoisotopic (exact) mass is 559 g/mol. The summed E-state index contributed by atoms with van der Waals surface area (Å²) >= 11 is 13.5. The minimum absolute atomic E-state index is 0.199. The second-order valence-corrected chi connectivity index (χ2v) is 11.2. The van der Waals surface area contributed by atoms with E-state index in [1.165, 1.54) is 11.3 Å². The molecule has 0 saturated heterocycles. The maximum absolute atomic E-state index is 13.5. The SMILES string of the molecule is CC1([C@H](NC(=O)c2sc(-c3ccccc3)cc2NC(=O)Nc2c(Cl)cccc2Cl)C(=O)O)CCCCC1. The summed E-state index contributed by atoms with van der Waals surface area (Å²) in [7, 11) is 0. The number of carbonyl (C=O) groups excluding carboxylic acids is 2. The van der Waals surface area contributed by atoms with E-state index in [1.807, 2.05) is 37.3 Å². The highest BCUT2D eigenvalue weighted by atomic mass is 35.5. The number of carboxylic acid groups (broad SMARTS) is 1. The molecule has 0 unspecified atom stereocenters. The number of thiophene rings is 1. The molecule has 1 aliphatic carbocycles. The van der Waals surface area contributed by atoms with Crippen molar-refractivity contribution in [2.45, 2.75) is 45.1 Å². The van der Waals surface area contributed by atoms with Crippen molar-refractivity contribution in [1.29, 1.82) is 0 Å². The van der Waals surface area contributed by atoms with E-state index in [0.717, 1.165) is 42.5 Å². The lowest BCUT2D eigenvalue weighted by molar-refractivity contribution is -0.143. The standard InChI is InChI=1S/C27H27Cl2N3O4S/c1-27(13-6-3-7-14-27)23(25(34)35)32-24(33)22-19(15-20(37-22)16-9-4-2-5-10-16)30-26(36)31-21-17(28)11-8-12-18(21)29/h2,4-5,8-12,15,23H,3,6-7,13-14H2,1H3,(H,32,33)(H,34,35)(H2,30,31,36)/t23-/m1/s1. The maximum Gasteiger partial charge on any atom is 0.326 e. The zero-order chi connectivity index (χ0) is 26.6. The van der Waals surface area contributed by atoms with E-state index < -0.39 is 29.4 Å². The van der Waals surface area contributed by atoms with Gasteiger partial charge in [-0.1, -0.05) is 85.8 Å². The van der Waals surface area contributed by atoms with Gasteiger partial charge in [0.2, 0.25) is 0 Å². The number of hydrogen-bond acceptors (Lipinski definition) is 4. The third kappa shape index (κ3) is 6.26. The molecule has 0 bridgehead atoms. The Labute approximate surface area is 229 Å². The maximum atomic E-state index is 13.5. The summed E-state index contributed by atoms with van der Waals surface area (Å²) in [6, 6.07) is 14.3. The number of benzene rings is 2. The number of hydrogen-bond donors (Lipinski definition) is 4. The number of halogens is 2. The zero-order valence-electron chi connectivity index (χ0n) is 20.1.